The van der Waals surface area contributed by atoms with Gasteiger partial charge >= 0.3 is 0 Å². The molecule has 100 valence electrons. The zero-order valence-electron chi connectivity index (χ0n) is 11.3. The van der Waals surface area contributed by atoms with Crippen molar-refractivity contribution in [2.75, 3.05) is 18.0 Å². The molecular weight excluding hydrogens is 249 g/mol. The quantitative estimate of drug-likeness (QED) is 0.718. The van der Waals surface area contributed by atoms with Gasteiger partial charge in [0.2, 0.25) is 0 Å². The Hall–Kier alpha value is -0.760. The van der Waals surface area contributed by atoms with E-state index in [4.69, 9.17) is 11.6 Å². The lowest BCUT2D eigenvalue weighted by Gasteiger charge is -2.28. The highest BCUT2D eigenvalue weighted by Crippen LogP contribution is 2.37. The van der Waals surface area contributed by atoms with Crippen LogP contribution in [0.5, 0.6) is 0 Å². The fourth-order valence-corrected chi connectivity index (χ4v) is 2.93. The van der Waals surface area contributed by atoms with E-state index in [1.807, 2.05) is 6.07 Å². The van der Waals surface area contributed by atoms with Crippen LogP contribution in [0.2, 0.25) is 0 Å². The lowest BCUT2D eigenvalue weighted by molar-refractivity contribution is 0.263. The van der Waals surface area contributed by atoms with Gasteiger partial charge in [-0.2, -0.15) is 0 Å². The number of hydrogen-bond acceptors (Lipinski definition) is 1. The topological polar surface area (TPSA) is 3.24 Å². The van der Waals surface area contributed by atoms with Gasteiger partial charge in [0.25, 0.3) is 0 Å². The molecule has 1 unspecified atom stereocenters. The van der Waals surface area contributed by atoms with Crippen LogP contribution in [-0.4, -0.2) is 13.1 Å². The Morgan fingerprint density at radius 3 is 2.67 bits per heavy atom. The standard InChI is InChI=1S/C15H21ClFN/c1-15(2,3)11-7-8-18(10-11)14-6-4-5-13(17)12(14)9-16/h4-6,11H,7-10H2,1-3H3. The molecule has 0 aliphatic carbocycles. The van der Waals surface area contributed by atoms with Gasteiger partial charge < -0.3 is 4.90 Å². The molecule has 1 fully saturated rings. The van der Waals surface area contributed by atoms with Gasteiger partial charge in [-0.1, -0.05) is 26.8 Å². The molecule has 1 atom stereocenters. The zero-order chi connectivity index (χ0) is 13.3. The summed E-state index contributed by atoms with van der Waals surface area (Å²) in [6.45, 7) is 8.81. The van der Waals surface area contributed by atoms with Crippen LogP contribution in [0, 0.1) is 17.2 Å². The van der Waals surface area contributed by atoms with Crippen LogP contribution in [-0.2, 0) is 5.88 Å². The number of nitrogens with zero attached hydrogens (tertiary/aromatic N) is 1. The van der Waals surface area contributed by atoms with Crippen molar-refractivity contribution in [3.63, 3.8) is 0 Å². The van der Waals surface area contributed by atoms with E-state index in [1.54, 1.807) is 6.07 Å². The van der Waals surface area contributed by atoms with Crippen LogP contribution >= 0.6 is 11.6 Å². The molecule has 2 rings (SSSR count). The fourth-order valence-electron chi connectivity index (χ4n) is 2.66. The molecule has 0 spiro atoms. The predicted molar refractivity (Wildman–Crippen MR) is 75.7 cm³/mol. The summed E-state index contributed by atoms with van der Waals surface area (Å²) in [4.78, 5) is 2.27. The maximum Gasteiger partial charge on any atom is 0.129 e. The normalized spacial score (nSPS) is 20.5. The summed E-state index contributed by atoms with van der Waals surface area (Å²) in [5, 5.41) is 0. The molecule has 0 radical (unpaired) electrons. The third-order valence-electron chi connectivity index (χ3n) is 3.98. The highest BCUT2D eigenvalue weighted by molar-refractivity contribution is 6.17. The molecule has 0 N–H and O–H groups in total. The van der Waals surface area contributed by atoms with Crippen molar-refractivity contribution in [1.82, 2.24) is 0 Å². The van der Waals surface area contributed by atoms with E-state index in [1.165, 1.54) is 12.5 Å². The fraction of sp³-hybridized carbons (Fsp3) is 0.600. The number of rotatable bonds is 2. The first-order valence-corrected chi connectivity index (χ1v) is 7.05. The van der Waals surface area contributed by atoms with Crippen LogP contribution in [0.15, 0.2) is 18.2 Å². The number of halogens is 2. The predicted octanol–water partition coefficient (Wildman–Crippen LogP) is 4.44. The molecule has 0 saturated carbocycles. The maximum absolute atomic E-state index is 13.7. The molecule has 1 nitrogen and oxygen atoms in total. The first-order chi connectivity index (χ1) is 8.43. The molecule has 1 aromatic carbocycles. The van der Waals surface area contributed by atoms with Crippen LogP contribution in [0.1, 0.15) is 32.8 Å². The molecule has 1 saturated heterocycles. The molecule has 0 aromatic heterocycles. The SMILES string of the molecule is CC(C)(C)C1CCN(c2cccc(F)c2CCl)C1. The second kappa shape index (κ2) is 5.08. The van der Waals surface area contributed by atoms with Crippen molar-refractivity contribution >= 4 is 17.3 Å². The minimum absolute atomic E-state index is 0.193. The summed E-state index contributed by atoms with van der Waals surface area (Å²) in [6, 6.07) is 5.23. The van der Waals surface area contributed by atoms with Crippen LogP contribution in [0.3, 0.4) is 0 Å². The van der Waals surface area contributed by atoms with Crippen LogP contribution in [0.4, 0.5) is 10.1 Å². The van der Waals surface area contributed by atoms with E-state index in [0.29, 0.717) is 16.9 Å². The van der Waals surface area contributed by atoms with Crippen molar-refractivity contribution in [1.29, 1.82) is 0 Å². The van der Waals surface area contributed by atoms with E-state index in [0.717, 1.165) is 18.8 Å². The van der Waals surface area contributed by atoms with E-state index in [-0.39, 0.29) is 11.7 Å². The van der Waals surface area contributed by atoms with Crippen molar-refractivity contribution in [3.8, 4) is 0 Å². The third-order valence-corrected chi connectivity index (χ3v) is 4.25. The first-order valence-electron chi connectivity index (χ1n) is 6.52. The number of anilines is 1. The maximum atomic E-state index is 13.7. The van der Waals surface area contributed by atoms with Crippen molar-refractivity contribution in [2.45, 2.75) is 33.1 Å². The van der Waals surface area contributed by atoms with Crippen molar-refractivity contribution < 1.29 is 4.39 Å². The summed E-state index contributed by atoms with van der Waals surface area (Å²) in [5.41, 5.74) is 1.91. The Balaban J connectivity index is 2.22. The number of benzene rings is 1. The molecule has 0 amide bonds. The van der Waals surface area contributed by atoms with Gasteiger partial charge in [-0.05, 0) is 29.9 Å². The number of alkyl halides is 1. The molecule has 3 heteroatoms. The molecule has 1 aliphatic rings. The lowest BCUT2D eigenvalue weighted by Crippen LogP contribution is -2.26. The highest BCUT2D eigenvalue weighted by Gasteiger charge is 2.32. The van der Waals surface area contributed by atoms with Gasteiger partial charge in [-0.3, -0.25) is 0 Å². The molecule has 1 aromatic rings. The zero-order valence-corrected chi connectivity index (χ0v) is 12.1. The highest BCUT2D eigenvalue weighted by atomic mass is 35.5. The molecule has 1 aliphatic heterocycles. The minimum atomic E-state index is -0.193. The van der Waals surface area contributed by atoms with Crippen molar-refractivity contribution in [3.05, 3.63) is 29.6 Å². The van der Waals surface area contributed by atoms with E-state index < -0.39 is 0 Å². The van der Waals surface area contributed by atoms with E-state index >= 15 is 0 Å². The molecule has 18 heavy (non-hydrogen) atoms. The lowest BCUT2D eigenvalue weighted by atomic mass is 9.80. The Bertz CT molecular complexity index is 425. The first kappa shape index (κ1) is 13.7. The monoisotopic (exact) mass is 269 g/mol. The van der Waals surface area contributed by atoms with E-state index in [2.05, 4.69) is 25.7 Å². The van der Waals surface area contributed by atoms with E-state index in [9.17, 15) is 4.39 Å². The molecule has 0 bridgehead atoms. The van der Waals surface area contributed by atoms with Gasteiger partial charge in [0, 0.05) is 24.3 Å². The van der Waals surface area contributed by atoms with Gasteiger partial charge in [0.05, 0.1) is 5.88 Å². The van der Waals surface area contributed by atoms with Gasteiger partial charge in [-0.25, -0.2) is 4.39 Å². The summed E-state index contributed by atoms with van der Waals surface area (Å²) in [5.74, 6) is 0.698. The average Bonchev–Trinajstić information content (AvgIpc) is 2.77. The Kier molecular flexibility index (Phi) is 3.86. The molecule has 1 heterocycles. The van der Waals surface area contributed by atoms with Crippen LogP contribution in [0.25, 0.3) is 0 Å². The minimum Gasteiger partial charge on any atom is -0.371 e. The third kappa shape index (κ3) is 2.64. The second-order valence-corrected chi connectivity index (χ2v) is 6.44. The summed E-state index contributed by atoms with van der Waals surface area (Å²) in [6.07, 6.45) is 1.17. The Morgan fingerprint density at radius 2 is 2.11 bits per heavy atom. The summed E-state index contributed by atoms with van der Waals surface area (Å²) < 4.78 is 13.7. The second-order valence-electron chi connectivity index (χ2n) is 6.17. The summed E-state index contributed by atoms with van der Waals surface area (Å²) >= 11 is 5.88. The Morgan fingerprint density at radius 1 is 1.39 bits per heavy atom. The van der Waals surface area contributed by atoms with Crippen LogP contribution < -0.4 is 4.90 Å². The number of hydrogen-bond donors (Lipinski definition) is 0. The average molecular weight is 270 g/mol. The summed E-state index contributed by atoms with van der Waals surface area (Å²) in [7, 11) is 0. The smallest absolute Gasteiger partial charge is 0.129 e. The largest absolute Gasteiger partial charge is 0.371 e. The van der Waals surface area contributed by atoms with Crippen molar-refractivity contribution in [2.24, 2.45) is 11.3 Å². The molecular formula is C15H21ClFN. The van der Waals surface area contributed by atoms with Gasteiger partial charge in [-0.15, -0.1) is 11.6 Å². The van der Waals surface area contributed by atoms with Gasteiger partial charge in [0.1, 0.15) is 5.82 Å². The Labute approximate surface area is 114 Å². The van der Waals surface area contributed by atoms with Gasteiger partial charge in [0.15, 0.2) is 0 Å².